The molecule has 66 valence electrons. The molecule has 0 unspecified atom stereocenters. The van der Waals surface area contributed by atoms with Crippen molar-refractivity contribution in [1.29, 1.82) is 0 Å². The van der Waals surface area contributed by atoms with Gasteiger partial charge in [-0.15, -0.1) is 0 Å². The van der Waals surface area contributed by atoms with Crippen LogP contribution in [0.5, 0.6) is 0 Å². The van der Waals surface area contributed by atoms with Crippen LogP contribution < -0.4 is 5.32 Å². The Morgan fingerprint density at radius 3 is 2.50 bits per heavy atom. The van der Waals surface area contributed by atoms with Crippen LogP contribution in [0, 0.1) is 6.92 Å². The first-order valence-electron chi connectivity index (χ1n) is 4.30. The number of aryl methyl sites for hydroxylation is 1. The molecule has 0 aliphatic heterocycles. The van der Waals surface area contributed by atoms with Crippen LogP contribution in [0.1, 0.15) is 31.2 Å². The number of hydrogen-bond acceptors (Lipinski definition) is 2. The molecule has 0 amide bonds. The highest BCUT2D eigenvalue weighted by Gasteiger charge is 2.02. The molecule has 0 atom stereocenters. The van der Waals surface area contributed by atoms with Crippen molar-refractivity contribution in [2.45, 2.75) is 26.7 Å². The third kappa shape index (κ3) is 1.97. The molecule has 0 spiro atoms. The van der Waals surface area contributed by atoms with E-state index in [1.54, 1.807) is 0 Å². The highest BCUT2D eigenvalue weighted by Crippen LogP contribution is 2.17. The lowest BCUT2D eigenvalue weighted by atomic mass is 10.1. The predicted octanol–water partition coefficient (Wildman–Crippen LogP) is 2.56. The van der Waals surface area contributed by atoms with Gasteiger partial charge in [0.25, 0.3) is 0 Å². The van der Waals surface area contributed by atoms with Crippen molar-refractivity contribution in [3.63, 3.8) is 0 Å². The van der Waals surface area contributed by atoms with Crippen LogP contribution in [0.2, 0.25) is 0 Å². The Morgan fingerprint density at radius 2 is 2.00 bits per heavy atom. The fourth-order valence-electron chi connectivity index (χ4n) is 1.13. The molecular weight excluding hydrogens is 148 g/mol. The van der Waals surface area contributed by atoms with Gasteiger partial charge in [0, 0.05) is 24.1 Å². The van der Waals surface area contributed by atoms with Crippen LogP contribution in [-0.2, 0) is 0 Å². The maximum absolute atomic E-state index is 4.44. The van der Waals surface area contributed by atoms with Crippen molar-refractivity contribution in [1.82, 2.24) is 4.98 Å². The van der Waals surface area contributed by atoms with Crippen LogP contribution >= 0.6 is 0 Å². The van der Waals surface area contributed by atoms with E-state index in [2.05, 4.69) is 30.2 Å². The lowest BCUT2D eigenvalue weighted by molar-refractivity contribution is 0.816. The number of aromatic nitrogens is 1. The summed E-state index contributed by atoms with van der Waals surface area (Å²) < 4.78 is 0. The first kappa shape index (κ1) is 9.04. The molecule has 0 radical (unpaired) electrons. The van der Waals surface area contributed by atoms with Gasteiger partial charge in [0.05, 0.1) is 0 Å². The van der Waals surface area contributed by atoms with E-state index in [4.69, 9.17) is 0 Å². The molecule has 1 aromatic heterocycles. The molecule has 0 fully saturated rings. The van der Waals surface area contributed by atoms with Crippen LogP contribution in [0.15, 0.2) is 12.1 Å². The minimum absolute atomic E-state index is 0.497. The minimum Gasteiger partial charge on any atom is -0.388 e. The van der Waals surface area contributed by atoms with Crippen LogP contribution in [0.4, 0.5) is 5.69 Å². The fourth-order valence-corrected chi connectivity index (χ4v) is 1.13. The summed E-state index contributed by atoms with van der Waals surface area (Å²) in [5, 5.41) is 3.12. The van der Waals surface area contributed by atoms with E-state index in [9.17, 15) is 0 Å². The highest BCUT2D eigenvalue weighted by molar-refractivity contribution is 5.45. The van der Waals surface area contributed by atoms with E-state index in [0.29, 0.717) is 5.92 Å². The van der Waals surface area contributed by atoms with E-state index in [-0.39, 0.29) is 0 Å². The molecule has 1 rings (SSSR count). The maximum atomic E-state index is 4.44. The fraction of sp³-hybridized carbons (Fsp3) is 0.500. The summed E-state index contributed by atoms with van der Waals surface area (Å²) in [5.41, 5.74) is 3.37. The number of pyridine rings is 1. The van der Waals surface area contributed by atoms with Crippen molar-refractivity contribution in [3.8, 4) is 0 Å². The molecule has 0 bridgehead atoms. The largest absolute Gasteiger partial charge is 0.388 e. The van der Waals surface area contributed by atoms with E-state index < -0.39 is 0 Å². The van der Waals surface area contributed by atoms with Gasteiger partial charge in [-0.3, -0.25) is 4.98 Å². The zero-order valence-corrected chi connectivity index (χ0v) is 8.18. The van der Waals surface area contributed by atoms with Crippen molar-refractivity contribution in [2.75, 3.05) is 12.4 Å². The quantitative estimate of drug-likeness (QED) is 0.726. The van der Waals surface area contributed by atoms with Crippen molar-refractivity contribution < 1.29 is 0 Å². The van der Waals surface area contributed by atoms with Gasteiger partial charge in [-0.25, -0.2) is 0 Å². The summed E-state index contributed by atoms with van der Waals surface area (Å²) >= 11 is 0. The topological polar surface area (TPSA) is 24.9 Å². The van der Waals surface area contributed by atoms with Crippen LogP contribution in [-0.4, -0.2) is 12.0 Å². The number of anilines is 1. The zero-order chi connectivity index (χ0) is 9.14. The molecule has 1 aromatic rings. The SMILES string of the molecule is CNc1cc(C)nc(C(C)C)c1. The average Bonchev–Trinajstić information content (AvgIpc) is 2.03. The molecule has 1 N–H and O–H groups in total. The molecule has 0 saturated heterocycles. The predicted molar refractivity (Wildman–Crippen MR) is 52.6 cm³/mol. The van der Waals surface area contributed by atoms with Crippen molar-refractivity contribution >= 4 is 5.69 Å². The Labute approximate surface area is 74.0 Å². The van der Waals surface area contributed by atoms with Gasteiger partial charge in [0.2, 0.25) is 0 Å². The second-order valence-corrected chi connectivity index (χ2v) is 3.33. The Bertz CT molecular complexity index is 267. The molecule has 0 saturated carbocycles. The first-order chi connectivity index (χ1) is 5.63. The van der Waals surface area contributed by atoms with Crippen molar-refractivity contribution in [2.24, 2.45) is 0 Å². The van der Waals surface area contributed by atoms with Gasteiger partial charge < -0.3 is 5.32 Å². The Balaban J connectivity index is 3.06. The van der Waals surface area contributed by atoms with Crippen LogP contribution in [0.25, 0.3) is 0 Å². The third-order valence-corrected chi connectivity index (χ3v) is 1.85. The van der Waals surface area contributed by atoms with Gasteiger partial charge in [-0.1, -0.05) is 13.8 Å². The van der Waals surface area contributed by atoms with Gasteiger partial charge in [-0.05, 0) is 25.0 Å². The number of nitrogens with zero attached hydrogens (tertiary/aromatic N) is 1. The monoisotopic (exact) mass is 164 g/mol. The summed E-state index contributed by atoms with van der Waals surface area (Å²) in [6, 6.07) is 4.14. The minimum atomic E-state index is 0.497. The van der Waals surface area contributed by atoms with E-state index in [1.807, 2.05) is 20.0 Å². The zero-order valence-electron chi connectivity index (χ0n) is 8.18. The number of nitrogens with one attached hydrogen (secondary N) is 1. The molecule has 1 heterocycles. The Hall–Kier alpha value is -1.05. The lowest BCUT2D eigenvalue weighted by Gasteiger charge is -2.08. The molecule has 12 heavy (non-hydrogen) atoms. The van der Waals surface area contributed by atoms with Gasteiger partial charge in [0.15, 0.2) is 0 Å². The lowest BCUT2D eigenvalue weighted by Crippen LogP contribution is -1.97. The normalized spacial score (nSPS) is 10.4. The smallest absolute Gasteiger partial charge is 0.0452 e. The Morgan fingerprint density at radius 1 is 1.33 bits per heavy atom. The highest BCUT2D eigenvalue weighted by atomic mass is 14.8. The summed E-state index contributed by atoms with van der Waals surface area (Å²) in [6.45, 7) is 6.33. The van der Waals surface area contributed by atoms with Gasteiger partial charge in [-0.2, -0.15) is 0 Å². The molecule has 0 aliphatic rings. The molecular formula is C10H16N2. The standard InChI is InChI=1S/C10H16N2/c1-7(2)10-6-9(11-4)5-8(3)12-10/h5-7H,1-4H3,(H,11,12). The Kier molecular flexibility index (Phi) is 2.69. The second kappa shape index (κ2) is 3.57. The summed E-state index contributed by atoms with van der Waals surface area (Å²) in [6.07, 6.45) is 0. The number of rotatable bonds is 2. The average molecular weight is 164 g/mol. The molecule has 0 aromatic carbocycles. The van der Waals surface area contributed by atoms with Crippen LogP contribution in [0.3, 0.4) is 0 Å². The van der Waals surface area contributed by atoms with Gasteiger partial charge >= 0.3 is 0 Å². The summed E-state index contributed by atoms with van der Waals surface area (Å²) in [7, 11) is 1.93. The molecule has 2 heteroatoms. The van der Waals surface area contributed by atoms with E-state index in [0.717, 1.165) is 17.1 Å². The maximum Gasteiger partial charge on any atom is 0.0452 e. The summed E-state index contributed by atoms with van der Waals surface area (Å²) in [4.78, 5) is 4.44. The van der Waals surface area contributed by atoms with E-state index in [1.165, 1.54) is 0 Å². The second-order valence-electron chi connectivity index (χ2n) is 3.33. The van der Waals surface area contributed by atoms with E-state index >= 15 is 0 Å². The molecule has 0 aliphatic carbocycles. The number of hydrogen-bond donors (Lipinski definition) is 1. The van der Waals surface area contributed by atoms with Gasteiger partial charge in [0.1, 0.15) is 0 Å². The van der Waals surface area contributed by atoms with Crippen molar-refractivity contribution in [3.05, 3.63) is 23.5 Å². The first-order valence-corrected chi connectivity index (χ1v) is 4.30. The summed E-state index contributed by atoms with van der Waals surface area (Å²) in [5.74, 6) is 0.497. The molecule has 2 nitrogen and oxygen atoms in total. The third-order valence-electron chi connectivity index (χ3n) is 1.85.